The average Bonchev–Trinajstić information content (AvgIpc) is 3.19. The van der Waals surface area contributed by atoms with Crippen LogP contribution < -0.4 is 5.73 Å². The van der Waals surface area contributed by atoms with Crippen molar-refractivity contribution in [2.24, 2.45) is 11.7 Å². The van der Waals surface area contributed by atoms with Crippen molar-refractivity contribution in [1.29, 1.82) is 0 Å². The molecule has 0 aliphatic heterocycles. The number of carbonyl (C=O) groups excluding carboxylic acids is 1. The predicted molar refractivity (Wildman–Crippen MR) is 80.4 cm³/mol. The molecule has 20 heavy (non-hydrogen) atoms. The lowest BCUT2D eigenvalue weighted by atomic mass is 9.85. The van der Waals surface area contributed by atoms with Gasteiger partial charge < -0.3 is 15.4 Å². The minimum atomic E-state index is -0.725. The Labute approximate surface area is 123 Å². The van der Waals surface area contributed by atoms with Gasteiger partial charge in [-0.2, -0.15) is 0 Å². The molecule has 2 aliphatic rings. The Morgan fingerprint density at radius 2 is 2.05 bits per heavy atom. The minimum absolute atomic E-state index is 0.184. The third kappa shape index (κ3) is 3.53. The van der Waals surface area contributed by atoms with Gasteiger partial charge in [0.15, 0.2) is 0 Å². The van der Waals surface area contributed by atoms with Crippen LogP contribution in [-0.4, -0.2) is 42.1 Å². The second-order valence-corrected chi connectivity index (χ2v) is 6.41. The number of carbonyl (C=O) groups is 1. The maximum Gasteiger partial charge on any atom is 0.326 e. The topological polar surface area (TPSA) is 55.6 Å². The van der Waals surface area contributed by atoms with Gasteiger partial charge >= 0.3 is 5.97 Å². The molecular formula is C16H30N2O2. The van der Waals surface area contributed by atoms with Crippen molar-refractivity contribution in [3.8, 4) is 0 Å². The molecule has 2 fully saturated rings. The molecule has 0 radical (unpaired) electrons. The highest BCUT2D eigenvalue weighted by molar-refractivity contribution is 5.81. The summed E-state index contributed by atoms with van der Waals surface area (Å²) < 4.78 is 5.20. The van der Waals surface area contributed by atoms with Crippen LogP contribution in [0.1, 0.15) is 58.8 Å². The second-order valence-electron chi connectivity index (χ2n) is 6.41. The summed E-state index contributed by atoms with van der Waals surface area (Å²) in [5.41, 5.74) is 5.67. The first-order valence-corrected chi connectivity index (χ1v) is 8.32. The SMILES string of the molecule is CCCN(CCC1CCCC1(N)C(=O)OCC)C1CC1. The molecule has 0 spiro atoms. The van der Waals surface area contributed by atoms with E-state index >= 15 is 0 Å². The summed E-state index contributed by atoms with van der Waals surface area (Å²) in [6.07, 6.45) is 7.83. The zero-order chi connectivity index (χ0) is 14.6. The Morgan fingerprint density at radius 3 is 2.65 bits per heavy atom. The molecule has 116 valence electrons. The van der Waals surface area contributed by atoms with Crippen molar-refractivity contribution in [2.75, 3.05) is 19.7 Å². The van der Waals surface area contributed by atoms with Crippen LogP contribution in [0.25, 0.3) is 0 Å². The summed E-state index contributed by atoms with van der Waals surface area (Å²) in [5.74, 6) is 0.107. The second kappa shape index (κ2) is 6.90. The summed E-state index contributed by atoms with van der Waals surface area (Å²) >= 11 is 0. The lowest BCUT2D eigenvalue weighted by molar-refractivity contribution is -0.151. The van der Waals surface area contributed by atoms with Gasteiger partial charge in [-0.3, -0.25) is 4.79 Å². The van der Waals surface area contributed by atoms with Gasteiger partial charge in [-0.25, -0.2) is 0 Å². The van der Waals surface area contributed by atoms with Crippen molar-refractivity contribution >= 4 is 5.97 Å². The van der Waals surface area contributed by atoms with Crippen LogP contribution in [0.3, 0.4) is 0 Å². The highest BCUT2D eigenvalue weighted by Gasteiger charge is 2.46. The zero-order valence-corrected chi connectivity index (χ0v) is 13.1. The smallest absolute Gasteiger partial charge is 0.326 e. The number of hydrogen-bond donors (Lipinski definition) is 1. The van der Waals surface area contributed by atoms with E-state index in [1.807, 2.05) is 6.92 Å². The Balaban J connectivity index is 1.88. The first-order valence-electron chi connectivity index (χ1n) is 8.32. The zero-order valence-electron chi connectivity index (χ0n) is 13.1. The summed E-state index contributed by atoms with van der Waals surface area (Å²) in [4.78, 5) is 14.7. The van der Waals surface area contributed by atoms with E-state index in [2.05, 4.69) is 11.8 Å². The standard InChI is InChI=1S/C16H30N2O2/c1-3-11-18(14-7-8-14)12-9-13-6-5-10-16(13,17)15(19)20-4-2/h13-14H,3-12,17H2,1-2H3. The summed E-state index contributed by atoms with van der Waals surface area (Å²) in [7, 11) is 0. The van der Waals surface area contributed by atoms with E-state index in [-0.39, 0.29) is 5.97 Å². The first-order chi connectivity index (χ1) is 9.61. The summed E-state index contributed by atoms with van der Waals surface area (Å²) in [5, 5.41) is 0. The van der Waals surface area contributed by atoms with Gasteiger partial charge in [0.25, 0.3) is 0 Å². The van der Waals surface area contributed by atoms with Crippen LogP contribution in [0.2, 0.25) is 0 Å². The highest BCUT2D eigenvalue weighted by Crippen LogP contribution is 2.38. The molecule has 0 amide bonds. The predicted octanol–water partition coefficient (Wildman–Crippen LogP) is 2.31. The molecule has 2 aliphatic carbocycles. The molecule has 0 saturated heterocycles. The molecule has 0 bridgehead atoms. The minimum Gasteiger partial charge on any atom is -0.465 e. The maximum atomic E-state index is 12.1. The highest BCUT2D eigenvalue weighted by atomic mass is 16.5. The van der Waals surface area contributed by atoms with E-state index in [0.29, 0.717) is 12.5 Å². The molecule has 2 saturated carbocycles. The number of nitrogens with zero attached hydrogens (tertiary/aromatic N) is 1. The third-order valence-corrected chi connectivity index (χ3v) is 4.87. The van der Waals surface area contributed by atoms with E-state index in [4.69, 9.17) is 10.5 Å². The number of rotatable bonds is 8. The van der Waals surface area contributed by atoms with E-state index in [0.717, 1.165) is 38.3 Å². The molecule has 0 aromatic rings. The van der Waals surface area contributed by atoms with E-state index < -0.39 is 5.54 Å². The lowest BCUT2D eigenvalue weighted by Crippen LogP contribution is -2.52. The molecule has 0 aromatic carbocycles. The normalized spacial score (nSPS) is 29.9. The van der Waals surface area contributed by atoms with Crippen LogP contribution in [-0.2, 0) is 9.53 Å². The molecule has 4 nitrogen and oxygen atoms in total. The Kier molecular flexibility index (Phi) is 5.44. The number of esters is 1. The van der Waals surface area contributed by atoms with Crippen molar-refractivity contribution in [1.82, 2.24) is 4.90 Å². The van der Waals surface area contributed by atoms with Crippen LogP contribution in [0, 0.1) is 5.92 Å². The van der Waals surface area contributed by atoms with Crippen molar-refractivity contribution in [3.63, 3.8) is 0 Å². The monoisotopic (exact) mass is 282 g/mol. The largest absolute Gasteiger partial charge is 0.465 e. The van der Waals surface area contributed by atoms with Gasteiger partial charge in [-0.05, 0) is 64.5 Å². The fourth-order valence-electron chi connectivity index (χ4n) is 3.56. The fourth-order valence-corrected chi connectivity index (χ4v) is 3.56. The van der Waals surface area contributed by atoms with E-state index in [9.17, 15) is 4.79 Å². The molecule has 2 atom stereocenters. The van der Waals surface area contributed by atoms with E-state index in [1.54, 1.807) is 0 Å². The van der Waals surface area contributed by atoms with Crippen molar-refractivity contribution in [3.05, 3.63) is 0 Å². The van der Waals surface area contributed by atoms with Crippen molar-refractivity contribution in [2.45, 2.75) is 70.4 Å². The van der Waals surface area contributed by atoms with Crippen LogP contribution in [0.5, 0.6) is 0 Å². The summed E-state index contributed by atoms with van der Waals surface area (Å²) in [6, 6.07) is 0.797. The number of hydrogen-bond acceptors (Lipinski definition) is 4. The first kappa shape index (κ1) is 15.8. The fraction of sp³-hybridized carbons (Fsp3) is 0.938. The van der Waals surface area contributed by atoms with E-state index in [1.165, 1.54) is 25.8 Å². The molecule has 2 rings (SSSR count). The van der Waals surface area contributed by atoms with Gasteiger partial charge in [0.05, 0.1) is 6.61 Å². The quantitative estimate of drug-likeness (QED) is 0.694. The lowest BCUT2D eigenvalue weighted by Gasteiger charge is -2.31. The van der Waals surface area contributed by atoms with Crippen LogP contribution in [0.4, 0.5) is 0 Å². The Hall–Kier alpha value is -0.610. The van der Waals surface area contributed by atoms with Gasteiger partial charge in [0, 0.05) is 6.04 Å². The van der Waals surface area contributed by atoms with Gasteiger partial charge in [-0.1, -0.05) is 13.3 Å². The molecule has 2 unspecified atom stereocenters. The van der Waals surface area contributed by atoms with Gasteiger partial charge in [0.1, 0.15) is 5.54 Å². The maximum absolute atomic E-state index is 12.1. The molecule has 0 heterocycles. The molecule has 0 aromatic heterocycles. The van der Waals surface area contributed by atoms with Crippen LogP contribution >= 0.6 is 0 Å². The van der Waals surface area contributed by atoms with Gasteiger partial charge in [-0.15, -0.1) is 0 Å². The third-order valence-electron chi connectivity index (χ3n) is 4.87. The Morgan fingerprint density at radius 1 is 1.30 bits per heavy atom. The molecule has 4 heteroatoms. The summed E-state index contributed by atoms with van der Waals surface area (Å²) in [6.45, 7) is 6.77. The van der Waals surface area contributed by atoms with Crippen molar-refractivity contribution < 1.29 is 9.53 Å². The Bertz CT molecular complexity index is 330. The molecule has 2 N–H and O–H groups in total. The average molecular weight is 282 g/mol. The van der Waals surface area contributed by atoms with Crippen LogP contribution in [0.15, 0.2) is 0 Å². The molecular weight excluding hydrogens is 252 g/mol. The number of nitrogens with two attached hydrogens (primary N) is 1. The van der Waals surface area contributed by atoms with Gasteiger partial charge in [0.2, 0.25) is 0 Å². The number of ether oxygens (including phenoxy) is 1.